The van der Waals surface area contributed by atoms with E-state index in [0.29, 0.717) is 31.5 Å². The number of primary amides is 1. The topological polar surface area (TPSA) is 98.3 Å². The molecule has 98 valence electrons. The first-order chi connectivity index (χ1) is 8.50. The minimum Gasteiger partial charge on any atom is -0.370 e. The number of halogens is 1. The maximum absolute atomic E-state index is 13.3. The molecule has 1 amide bonds. The lowest BCUT2D eigenvalue weighted by Crippen LogP contribution is -2.18. The maximum Gasteiger partial charge on any atom is 0.304 e. The summed E-state index contributed by atoms with van der Waals surface area (Å²) in [5.41, 5.74) is 5.04. The predicted octanol–water partition coefficient (Wildman–Crippen LogP) is 1.09. The summed E-state index contributed by atoms with van der Waals surface area (Å²) in [6.07, 6.45) is 0.895. The van der Waals surface area contributed by atoms with E-state index in [1.54, 1.807) is 0 Å². The molecule has 0 aromatic heterocycles. The Hall–Kier alpha value is -2.02. The van der Waals surface area contributed by atoms with E-state index >= 15 is 0 Å². The van der Waals surface area contributed by atoms with Crippen LogP contribution in [0, 0.1) is 15.9 Å². The van der Waals surface area contributed by atoms with E-state index in [1.165, 1.54) is 6.07 Å². The van der Waals surface area contributed by atoms with E-state index < -0.39 is 16.4 Å². The van der Waals surface area contributed by atoms with Crippen molar-refractivity contribution in [2.75, 3.05) is 6.54 Å². The van der Waals surface area contributed by atoms with Gasteiger partial charge in [-0.1, -0.05) is 6.07 Å². The van der Waals surface area contributed by atoms with Crippen molar-refractivity contribution in [1.29, 1.82) is 0 Å². The summed E-state index contributed by atoms with van der Waals surface area (Å²) in [5, 5.41) is 13.4. The summed E-state index contributed by atoms with van der Waals surface area (Å²) in [6, 6.07) is 3.75. The van der Waals surface area contributed by atoms with E-state index in [2.05, 4.69) is 5.32 Å². The van der Waals surface area contributed by atoms with Gasteiger partial charge in [-0.05, 0) is 24.6 Å². The Morgan fingerprint density at radius 3 is 2.78 bits per heavy atom. The molecule has 18 heavy (non-hydrogen) atoms. The fraction of sp³-hybridized carbons (Fsp3) is 0.364. The molecule has 1 aromatic carbocycles. The first-order valence-corrected chi connectivity index (χ1v) is 5.42. The van der Waals surface area contributed by atoms with Gasteiger partial charge < -0.3 is 11.1 Å². The zero-order valence-electron chi connectivity index (χ0n) is 9.69. The lowest BCUT2D eigenvalue weighted by atomic mass is 10.2. The van der Waals surface area contributed by atoms with Gasteiger partial charge in [0.15, 0.2) is 0 Å². The van der Waals surface area contributed by atoms with E-state index in [-0.39, 0.29) is 5.91 Å². The van der Waals surface area contributed by atoms with Crippen molar-refractivity contribution in [3.8, 4) is 0 Å². The van der Waals surface area contributed by atoms with Crippen LogP contribution in [0.15, 0.2) is 18.2 Å². The minimum atomic E-state index is -0.851. The van der Waals surface area contributed by atoms with E-state index in [4.69, 9.17) is 5.73 Å². The molecule has 7 heteroatoms. The molecule has 0 fully saturated rings. The number of nitro benzene ring substituents is 1. The zero-order valence-corrected chi connectivity index (χ0v) is 9.69. The Kier molecular flexibility index (Phi) is 5.19. The molecule has 0 aliphatic carbocycles. The average Bonchev–Trinajstić information content (AvgIpc) is 2.27. The first kappa shape index (κ1) is 14.0. The van der Waals surface area contributed by atoms with E-state index in [0.717, 1.165) is 12.1 Å². The normalized spacial score (nSPS) is 10.3. The van der Waals surface area contributed by atoms with Gasteiger partial charge in [-0.3, -0.25) is 14.9 Å². The van der Waals surface area contributed by atoms with Crippen molar-refractivity contribution >= 4 is 11.6 Å². The number of hydrogen-bond donors (Lipinski definition) is 2. The van der Waals surface area contributed by atoms with Crippen molar-refractivity contribution in [3.05, 3.63) is 39.7 Å². The van der Waals surface area contributed by atoms with Crippen LogP contribution in [0.3, 0.4) is 0 Å². The molecule has 0 spiro atoms. The fourth-order valence-electron chi connectivity index (χ4n) is 1.43. The molecular weight excluding hydrogens is 241 g/mol. The second-order valence-electron chi connectivity index (χ2n) is 3.79. The molecule has 1 rings (SSSR count). The average molecular weight is 255 g/mol. The molecule has 0 atom stereocenters. The SMILES string of the molecule is NC(=O)CCCNCc1ccc([N+](=O)[O-])c(F)c1. The van der Waals surface area contributed by atoms with E-state index in [1.807, 2.05) is 0 Å². The molecular formula is C11H14FN3O3. The van der Waals surface area contributed by atoms with Gasteiger partial charge in [-0.25, -0.2) is 0 Å². The largest absolute Gasteiger partial charge is 0.370 e. The van der Waals surface area contributed by atoms with Gasteiger partial charge in [-0.2, -0.15) is 4.39 Å². The molecule has 0 radical (unpaired) electrons. The van der Waals surface area contributed by atoms with Crippen LogP contribution >= 0.6 is 0 Å². The Labute approximate surface area is 103 Å². The summed E-state index contributed by atoms with van der Waals surface area (Å²) in [4.78, 5) is 20.1. The van der Waals surface area contributed by atoms with Crippen LogP contribution in [0.2, 0.25) is 0 Å². The molecule has 0 unspecified atom stereocenters. The van der Waals surface area contributed by atoms with Crippen LogP contribution in [-0.2, 0) is 11.3 Å². The molecule has 3 N–H and O–H groups in total. The number of hydrogen-bond acceptors (Lipinski definition) is 4. The summed E-state index contributed by atoms with van der Waals surface area (Å²) in [7, 11) is 0. The number of carbonyl (C=O) groups is 1. The van der Waals surface area contributed by atoms with Crippen LogP contribution in [0.1, 0.15) is 18.4 Å². The molecule has 0 aliphatic rings. The standard InChI is InChI=1S/C11H14FN3O3/c12-9-6-8(3-4-10(9)15(17)18)7-14-5-1-2-11(13)16/h3-4,6,14H,1-2,5,7H2,(H2,13,16). The Bertz CT molecular complexity index is 451. The summed E-state index contributed by atoms with van der Waals surface area (Å²) in [5.74, 6) is -1.21. The number of nitrogens with zero attached hydrogens (tertiary/aromatic N) is 1. The van der Waals surface area contributed by atoms with Gasteiger partial charge in [0.1, 0.15) is 0 Å². The van der Waals surface area contributed by atoms with Gasteiger partial charge >= 0.3 is 5.69 Å². The fourth-order valence-corrected chi connectivity index (χ4v) is 1.43. The second-order valence-corrected chi connectivity index (χ2v) is 3.79. The van der Waals surface area contributed by atoms with Crippen LogP contribution < -0.4 is 11.1 Å². The first-order valence-electron chi connectivity index (χ1n) is 5.42. The Morgan fingerprint density at radius 1 is 1.50 bits per heavy atom. The highest BCUT2D eigenvalue weighted by Crippen LogP contribution is 2.17. The highest BCUT2D eigenvalue weighted by Gasteiger charge is 2.13. The number of amides is 1. The maximum atomic E-state index is 13.3. The third kappa shape index (κ3) is 4.46. The summed E-state index contributed by atoms with van der Waals surface area (Å²) in [6.45, 7) is 0.954. The lowest BCUT2D eigenvalue weighted by molar-refractivity contribution is -0.387. The zero-order chi connectivity index (χ0) is 13.5. The number of rotatable bonds is 7. The number of nitrogens with two attached hydrogens (primary N) is 1. The molecule has 6 nitrogen and oxygen atoms in total. The van der Waals surface area contributed by atoms with Crippen molar-refractivity contribution in [2.24, 2.45) is 5.73 Å². The number of nitrogens with one attached hydrogen (secondary N) is 1. The molecule has 0 saturated heterocycles. The summed E-state index contributed by atoms with van der Waals surface area (Å²) >= 11 is 0. The molecule has 0 saturated carbocycles. The van der Waals surface area contributed by atoms with Crippen LogP contribution in [0.4, 0.5) is 10.1 Å². The Balaban J connectivity index is 2.42. The van der Waals surface area contributed by atoms with Crippen molar-refractivity contribution < 1.29 is 14.1 Å². The van der Waals surface area contributed by atoms with Gasteiger partial charge in [0.05, 0.1) is 4.92 Å². The molecule has 1 aromatic rings. The van der Waals surface area contributed by atoms with Crippen molar-refractivity contribution in [3.63, 3.8) is 0 Å². The van der Waals surface area contributed by atoms with Crippen LogP contribution in [0.5, 0.6) is 0 Å². The van der Waals surface area contributed by atoms with Crippen LogP contribution in [-0.4, -0.2) is 17.4 Å². The quantitative estimate of drug-likeness (QED) is 0.433. The van der Waals surface area contributed by atoms with Gasteiger partial charge in [0.2, 0.25) is 11.7 Å². The second kappa shape index (κ2) is 6.65. The summed E-state index contributed by atoms with van der Waals surface area (Å²) < 4.78 is 13.3. The number of benzene rings is 1. The Morgan fingerprint density at radius 2 is 2.22 bits per heavy atom. The predicted molar refractivity (Wildman–Crippen MR) is 63.2 cm³/mol. The van der Waals surface area contributed by atoms with Gasteiger partial charge in [0.25, 0.3) is 0 Å². The van der Waals surface area contributed by atoms with Gasteiger partial charge in [0, 0.05) is 19.0 Å². The smallest absolute Gasteiger partial charge is 0.304 e. The number of nitro groups is 1. The van der Waals surface area contributed by atoms with E-state index in [9.17, 15) is 19.3 Å². The van der Waals surface area contributed by atoms with Crippen molar-refractivity contribution in [2.45, 2.75) is 19.4 Å². The highest BCUT2D eigenvalue weighted by atomic mass is 19.1. The molecule has 0 bridgehead atoms. The van der Waals surface area contributed by atoms with Crippen molar-refractivity contribution in [1.82, 2.24) is 5.32 Å². The molecule has 0 heterocycles. The van der Waals surface area contributed by atoms with Gasteiger partial charge in [-0.15, -0.1) is 0 Å². The lowest BCUT2D eigenvalue weighted by Gasteiger charge is -2.04. The monoisotopic (exact) mass is 255 g/mol. The highest BCUT2D eigenvalue weighted by molar-refractivity contribution is 5.73. The third-order valence-electron chi connectivity index (χ3n) is 2.31. The number of carbonyl (C=O) groups excluding carboxylic acids is 1. The minimum absolute atomic E-state index is 0.293. The molecule has 0 aliphatic heterocycles. The van der Waals surface area contributed by atoms with Crippen LogP contribution in [0.25, 0.3) is 0 Å². The third-order valence-corrected chi connectivity index (χ3v) is 2.31.